The molecular weight excluding hydrogens is 344 g/mol. The molecule has 1 aromatic rings. The quantitative estimate of drug-likeness (QED) is 0.393. The maximum Gasteiger partial charge on any atom is 0.213 e. The number of guanidine groups is 1. The van der Waals surface area contributed by atoms with Crippen LogP contribution in [0.2, 0.25) is 0 Å². The minimum absolute atomic E-state index is 0.0290. The highest BCUT2D eigenvalue weighted by Crippen LogP contribution is 2.26. The minimum Gasteiger partial charge on any atom is -0.356 e. The second kappa shape index (κ2) is 9.39. The van der Waals surface area contributed by atoms with E-state index in [4.69, 9.17) is 0 Å². The lowest BCUT2D eigenvalue weighted by molar-refractivity contribution is 0.460. The summed E-state index contributed by atoms with van der Waals surface area (Å²) >= 11 is 1.76. The van der Waals surface area contributed by atoms with Gasteiger partial charge in [0, 0.05) is 44.0 Å². The number of rotatable bonds is 9. The molecule has 8 heteroatoms. The first kappa shape index (κ1) is 20.9. The molecular formula is C16H30N4O2S2. The SMILES string of the molecule is CCS(=O)(=O)N(C)CCCNC(=NC)NCC(C)(C)c1cccs1. The van der Waals surface area contributed by atoms with E-state index in [1.165, 1.54) is 9.18 Å². The van der Waals surface area contributed by atoms with Crippen molar-refractivity contribution in [2.75, 3.05) is 39.5 Å². The topological polar surface area (TPSA) is 73.8 Å². The molecule has 2 N–H and O–H groups in total. The Kier molecular flexibility index (Phi) is 8.18. The Morgan fingerprint density at radius 2 is 2.08 bits per heavy atom. The van der Waals surface area contributed by atoms with Gasteiger partial charge in [0.25, 0.3) is 0 Å². The third kappa shape index (κ3) is 6.41. The molecule has 0 atom stereocenters. The summed E-state index contributed by atoms with van der Waals surface area (Å²) in [4.78, 5) is 5.55. The molecule has 0 saturated heterocycles. The van der Waals surface area contributed by atoms with Crippen molar-refractivity contribution in [1.29, 1.82) is 0 Å². The van der Waals surface area contributed by atoms with Crippen LogP contribution >= 0.6 is 11.3 Å². The van der Waals surface area contributed by atoms with Crippen molar-refractivity contribution in [2.45, 2.75) is 32.6 Å². The predicted octanol–water partition coefficient (Wildman–Crippen LogP) is 1.86. The van der Waals surface area contributed by atoms with Gasteiger partial charge < -0.3 is 10.6 Å². The van der Waals surface area contributed by atoms with E-state index in [0.29, 0.717) is 13.1 Å². The number of hydrogen-bond acceptors (Lipinski definition) is 4. The Balaban J connectivity index is 2.36. The van der Waals surface area contributed by atoms with Crippen LogP contribution < -0.4 is 10.6 Å². The first-order chi connectivity index (χ1) is 11.2. The van der Waals surface area contributed by atoms with E-state index in [0.717, 1.165) is 18.9 Å². The van der Waals surface area contributed by atoms with Gasteiger partial charge in [-0.15, -0.1) is 11.3 Å². The molecule has 0 aliphatic rings. The van der Waals surface area contributed by atoms with Crippen LogP contribution in [0.1, 0.15) is 32.1 Å². The molecule has 0 aliphatic heterocycles. The third-order valence-corrected chi connectivity index (χ3v) is 6.99. The maximum absolute atomic E-state index is 11.7. The average Bonchev–Trinajstić information content (AvgIpc) is 3.09. The summed E-state index contributed by atoms with van der Waals surface area (Å²) in [5.41, 5.74) is 0.0290. The fourth-order valence-electron chi connectivity index (χ4n) is 2.14. The lowest BCUT2D eigenvalue weighted by Gasteiger charge is -2.25. The molecule has 0 bridgehead atoms. The first-order valence-corrected chi connectivity index (χ1v) is 10.6. The van der Waals surface area contributed by atoms with Crippen LogP contribution in [0, 0.1) is 0 Å². The van der Waals surface area contributed by atoms with Gasteiger partial charge in [0.05, 0.1) is 5.75 Å². The Morgan fingerprint density at radius 1 is 1.38 bits per heavy atom. The van der Waals surface area contributed by atoms with Crippen LogP contribution in [0.25, 0.3) is 0 Å². The lowest BCUT2D eigenvalue weighted by Crippen LogP contribution is -2.44. The first-order valence-electron chi connectivity index (χ1n) is 8.15. The van der Waals surface area contributed by atoms with Crippen molar-refractivity contribution in [3.05, 3.63) is 22.4 Å². The summed E-state index contributed by atoms with van der Waals surface area (Å²) in [7, 11) is 0.259. The molecule has 138 valence electrons. The monoisotopic (exact) mass is 374 g/mol. The number of aliphatic imine (C=N–C) groups is 1. The molecule has 0 unspecified atom stereocenters. The minimum atomic E-state index is -3.10. The lowest BCUT2D eigenvalue weighted by atomic mass is 9.91. The zero-order valence-corrected chi connectivity index (χ0v) is 16.9. The normalized spacial score (nSPS) is 13.3. The van der Waals surface area contributed by atoms with Crippen LogP contribution in [-0.4, -0.2) is 58.2 Å². The van der Waals surface area contributed by atoms with Gasteiger partial charge >= 0.3 is 0 Å². The van der Waals surface area contributed by atoms with Crippen molar-refractivity contribution >= 4 is 27.3 Å². The van der Waals surface area contributed by atoms with E-state index in [-0.39, 0.29) is 11.2 Å². The summed E-state index contributed by atoms with van der Waals surface area (Å²) in [5.74, 6) is 0.874. The van der Waals surface area contributed by atoms with Gasteiger partial charge in [-0.25, -0.2) is 12.7 Å². The van der Waals surface area contributed by atoms with Crippen molar-refractivity contribution in [2.24, 2.45) is 4.99 Å². The molecule has 1 heterocycles. The average molecular weight is 375 g/mol. The maximum atomic E-state index is 11.7. The summed E-state index contributed by atoms with van der Waals surface area (Å²) in [6.07, 6.45) is 0.727. The van der Waals surface area contributed by atoms with E-state index in [2.05, 4.69) is 47.0 Å². The summed E-state index contributed by atoms with van der Waals surface area (Å²) in [6.45, 7) is 8.00. The Morgan fingerprint density at radius 3 is 2.62 bits per heavy atom. The van der Waals surface area contributed by atoms with Gasteiger partial charge in [-0.3, -0.25) is 4.99 Å². The zero-order valence-electron chi connectivity index (χ0n) is 15.3. The summed E-state index contributed by atoms with van der Waals surface area (Å²) in [6, 6.07) is 4.21. The van der Waals surface area contributed by atoms with E-state index < -0.39 is 10.0 Å². The highest BCUT2D eigenvalue weighted by Gasteiger charge is 2.22. The molecule has 1 rings (SSSR count). The van der Waals surface area contributed by atoms with Crippen molar-refractivity contribution in [1.82, 2.24) is 14.9 Å². The van der Waals surface area contributed by atoms with Gasteiger partial charge in [-0.05, 0) is 24.8 Å². The largest absolute Gasteiger partial charge is 0.356 e. The number of hydrogen-bond donors (Lipinski definition) is 2. The number of thiophene rings is 1. The van der Waals surface area contributed by atoms with Crippen molar-refractivity contribution in [3.63, 3.8) is 0 Å². The summed E-state index contributed by atoms with van der Waals surface area (Å²) in [5, 5.41) is 8.66. The molecule has 24 heavy (non-hydrogen) atoms. The molecule has 1 aromatic heterocycles. The van der Waals surface area contributed by atoms with Crippen LogP contribution in [-0.2, 0) is 15.4 Å². The number of nitrogens with one attached hydrogen (secondary N) is 2. The Bertz CT molecular complexity index is 610. The molecule has 0 saturated carbocycles. The second-order valence-electron chi connectivity index (χ2n) is 6.29. The predicted molar refractivity (Wildman–Crippen MR) is 103 cm³/mol. The van der Waals surface area contributed by atoms with Crippen LogP contribution in [0.3, 0.4) is 0 Å². The van der Waals surface area contributed by atoms with Gasteiger partial charge in [0.2, 0.25) is 10.0 Å². The molecule has 0 fully saturated rings. The fraction of sp³-hybridized carbons (Fsp3) is 0.688. The smallest absolute Gasteiger partial charge is 0.213 e. The van der Waals surface area contributed by atoms with Gasteiger partial charge in [0.1, 0.15) is 0 Å². The highest BCUT2D eigenvalue weighted by atomic mass is 32.2. The second-order valence-corrected chi connectivity index (χ2v) is 9.60. The van der Waals surface area contributed by atoms with Crippen molar-refractivity contribution in [3.8, 4) is 0 Å². The van der Waals surface area contributed by atoms with Crippen LogP contribution in [0.4, 0.5) is 0 Å². The van der Waals surface area contributed by atoms with Gasteiger partial charge in [0.15, 0.2) is 5.96 Å². The Hall–Kier alpha value is -1.12. The van der Waals surface area contributed by atoms with E-state index >= 15 is 0 Å². The van der Waals surface area contributed by atoms with E-state index in [1.54, 1.807) is 32.4 Å². The molecule has 0 amide bonds. The van der Waals surface area contributed by atoms with Crippen LogP contribution in [0.15, 0.2) is 22.5 Å². The molecule has 0 aliphatic carbocycles. The zero-order chi connectivity index (χ0) is 18.2. The van der Waals surface area contributed by atoms with E-state index in [1.807, 2.05) is 0 Å². The fourth-order valence-corrected chi connectivity index (χ4v) is 3.84. The van der Waals surface area contributed by atoms with Gasteiger partial charge in [-0.2, -0.15) is 0 Å². The molecule has 0 spiro atoms. The molecule has 6 nitrogen and oxygen atoms in total. The Labute approximate surface area is 150 Å². The molecule has 0 radical (unpaired) electrons. The highest BCUT2D eigenvalue weighted by molar-refractivity contribution is 7.89. The van der Waals surface area contributed by atoms with Gasteiger partial charge in [-0.1, -0.05) is 19.9 Å². The molecule has 0 aromatic carbocycles. The summed E-state index contributed by atoms with van der Waals surface area (Å²) < 4.78 is 24.8. The standard InChI is InChI=1S/C16H30N4O2S2/c1-6-24(21,22)20(5)11-8-10-18-15(17-4)19-13-16(2,3)14-9-7-12-23-14/h7,9,12H,6,8,10-11,13H2,1-5H3,(H2,17,18,19). The third-order valence-electron chi connectivity index (χ3n) is 3.89. The van der Waals surface area contributed by atoms with Crippen molar-refractivity contribution < 1.29 is 8.42 Å². The number of nitrogens with zero attached hydrogens (tertiary/aromatic N) is 2. The number of sulfonamides is 1. The van der Waals surface area contributed by atoms with Crippen LogP contribution in [0.5, 0.6) is 0 Å². The van der Waals surface area contributed by atoms with E-state index in [9.17, 15) is 8.42 Å².